The zero-order chi connectivity index (χ0) is 13.1. The van der Waals surface area contributed by atoms with E-state index >= 15 is 0 Å². The van der Waals surface area contributed by atoms with Crippen molar-refractivity contribution in [2.24, 2.45) is 0 Å². The van der Waals surface area contributed by atoms with Gasteiger partial charge in [0.25, 0.3) is 0 Å². The average molecular weight is 285 g/mol. The number of rotatable bonds is 4. The zero-order valence-electron chi connectivity index (χ0n) is 10.0. The third kappa shape index (κ3) is 2.88. The number of nitrogens with one attached hydrogen (secondary N) is 1. The molecule has 2 aromatic rings. The van der Waals surface area contributed by atoms with Gasteiger partial charge in [-0.1, -0.05) is 11.6 Å². The first-order chi connectivity index (χ1) is 8.58. The first kappa shape index (κ1) is 13.0. The zero-order valence-corrected chi connectivity index (χ0v) is 11.6. The molecule has 0 aliphatic rings. The molecule has 0 saturated heterocycles. The summed E-state index contributed by atoms with van der Waals surface area (Å²) in [6, 6.07) is 3.29. The van der Waals surface area contributed by atoms with E-state index in [1.165, 1.54) is 28.7 Å². The van der Waals surface area contributed by atoms with Crippen molar-refractivity contribution in [1.82, 2.24) is 20.1 Å². The summed E-state index contributed by atoms with van der Waals surface area (Å²) in [5, 5.41) is 6.87. The molecule has 0 unspecified atom stereocenters. The number of hydrogen-bond acceptors (Lipinski definition) is 4. The van der Waals surface area contributed by atoms with Crippen molar-refractivity contribution in [3.05, 3.63) is 34.0 Å². The fourth-order valence-corrected chi connectivity index (χ4v) is 2.57. The molecule has 1 amide bonds. The van der Waals surface area contributed by atoms with Gasteiger partial charge in [-0.2, -0.15) is 5.10 Å². The van der Waals surface area contributed by atoms with E-state index in [4.69, 9.17) is 11.6 Å². The Morgan fingerprint density at radius 1 is 1.50 bits per heavy atom. The molecule has 0 fully saturated rings. The molecule has 96 valence electrons. The SMILES string of the molecule is C[C@H](NC(=O)[C@H](C)n1cncn1)c1ccc(Cl)s1. The standard InChI is InChI=1S/C11H13ClN4OS/c1-7(9-3-4-10(12)18-9)15-11(17)8(2)16-6-13-5-14-16/h3-8H,1-2H3,(H,15,17)/t7-,8-/m0/s1. The van der Waals surface area contributed by atoms with Gasteiger partial charge in [-0.25, -0.2) is 9.67 Å². The van der Waals surface area contributed by atoms with Crippen LogP contribution in [0.3, 0.4) is 0 Å². The van der Waals surface area contributed by atoms with E-state index in [0.29, 0.717) is 0 Å². The topological polar surface area (TPSA) is 59.8 Å². The Labute approximate surface area is 114 Å². The molecule has 2 aromatic heterocycles. The summed E-state index contributed by atoms with van der Waals surface area (Å²) in [7, 11) is 0. The summed E-state index contributed by atoms with van der Waals surface area (Å²) in [5.74, 6) is -0.0995. The number of thiophene rings is 1. The minimum atomic E-state index is -0.384. The third-order valence-corrected chi connectivity index (χ3v) is 4.01. The summed E-state index contributed by atoms with van der Waals surface area (Å²) >= 11 is 7.33. The molecule has 5 nitrogen and oxygen atoms in total. The van der Waals surface area contributed by atoms with Gasteiger partial charge in [0, 0.05) is 4.88 Å². The highest BCUT2D eigenvalue weighted by Gasteiger charge is 2.18. The van der Waals surface area contributed by atoms with E-state index in [1.54, 1.807) is 6.92 Å². The predicted octanol–water partition coefficient (Wildman–Crippen LogP) is 2.43. The quantitative estimate of drug-likeness (QED) is 0.938. The van der Waals surface area contributed by atoms with Crippen LogP contribution < -0.4 is 5.32 Å². The molecular formula is C11H13ClN4OS. The van der Waals surface area contributed by atoms with Crippen LogP contribution in [0.25, 0.3) is 0 Å². The molecular weight excluding hydrogens is 272 g/mol. The van der Waals surface area contributed by atoms with E-state index in [-0.39, 0.29) is 18.0 Å². The van der Waals surface area contributed by atoms with Crippen LogP contribution in [0.2, 0.25) is 4.34 Å². The third-order valence-electron chi connectivity index (χ3n) is 2.59. The van der Waals surface area contributed by atoms with Gasteiger partial charge in [-0.05, 0) is 26.0 Å². The van der Waals surface area contributed by atoms with Crippen molar-refractivity contribution in [2.75, 3.05) is 0 Å². The van der Waals surface area contributed by atoms with Crippen LogP contribution in [0.15, 0.2) is 24.8 Å². The lowest BCUT2D eigenvalue weighted by molar-refractivity contribution is -0.124. The summed E-state index contributed by atoms with van der Waals surface area (Å²) in [5.41, 5.74) is 0. The highest BCUT2D eigenvalue weighted by atomic mass is 35.5. The van der Waals surface area contributed by atoms with Gasteiger partial charge < -0.3 is 5.32 Å². The smallest absolute Gasteiger partial charge is 0.245 e. The van der Waals surface area contributed by atoms with Gasteiger partial charge in [0.15, 0.2) is 0 Å². The number of amides is 1. The second-order valence-electron chi connectivity index (χ2n) is 3.92. The van der Waals surface area contributed by atoms with Crippen LogP contribution >= 0.6 is 22.9 Å². The van der Waals surface area contributed by atoms with Crippen molar-refractivity contribution >= 4 is 28.8 Å². The first-order valence-corrected chi connectivity index (χ1v) is 6.67. The van der Waals surface area contributed by atoms with Gasteiger partial charge >= 0.3 is 0 Å². The number of hydrogen-bond donors (Lipinski definition) is 1. The van der Waals surface area contributed by atoms with Crippen LogP contribution in [-0.4, -0.2) is 20.7 Å². The van der Waals surface area contributed by atoms with Crippen LogP contribution in [-0.2, 0) is 4.79 Å². The highest BCUT2D eigenvalue weighted by Crippen LogP contribution is 2.26. The number of aromatic nitrogens is 3. The monoisotopic (exact) mass is 284 g/mol. The van der Waals surface area contributed by atoms with E-state index < -0.39 is 0 Å². The van der Waals surface area contributed by atoms with Crippen molar-refractivity contribution in [3.63, 3.8) is 0 Å². The Morgan fingerprint density at radius 2 is 2.28 bits per heavy atom. The van der Waals surface area contributed by atoms with Crippen LogP contribution in [0, 0.1) is 0 Å². The highest BCUT2D eigenvalue weighted by molar-refractivity contribution is 7.16. The molecule has 0 aliphatic heterocycles. The summed E-state index contributed by atoms with van der Waals surface area (Å²) in [4.78, 5) is 16.9. The number of carbonyl (C=O) groups is 1. The lowest BCUT2D eigenvalue weighted by atomic mass is 10.2. The van der Waals surface area contributed by atoms with Gasteiger partial charge in [0.05, 0.1) is 10.4 Å². The average Bonchev–Trinajstić information content (AvgIpc) is 2.98. The molecule has 0 saturated carbocycles. The maximum absolute atomic E-state index is 12.0. The molecule has 2 atom stereocenters. The maximum Gasteiger partial charge on any atom is 0.245 e. The molecule has 0 aromatic carbocycles. The first-order valence-electron chi connectivity index (χ1n) is 5.47. The Morgan fingerprint density at radius 3 is 2.83 bits per heavy atom. The minimum Gasteiger partial charge on any atom is -0.347 e. The second kappa shape index (κ2) is 5.49. The van der Waals surface area contributed by atoms with Crippen molar-refractivity contribution in [2.45, 2.75) is 25.9 Å². The van der Waals surface area contributed by atoms with Gasteiger partial charge in [0.1, 0.15) is 18.7 Å². The van der Waals surface area contributed by atoms with Crippen LogP contribution in [0.1, 0.15) is 30.8 Å². The van der Waals surface area contributed by atoms with E-state index in [0.717, 1.165) is 9.21 Å². The molecule has 18 heavy (non-hydrogen) atoms. The van der Waals surface area contributed by atoms with E-state index in [1.807, 2.05) is 19.1 Å². The molecule has 0 spiro atoms. The number of nitrogens with zero attached hydrogens (tertiary/aromatic N) is 3. The normalized spacial score (nSPS) is 14.2. The number of halogens is 1. The molecule has 2 heterocycles. The molecule has 1 N–H and O–H groups in total. The molecule has 0 bridgehead atoms. The van der Waals surface area contributed by atoms with Crippen LogP contribution in [0.5, 0.6) is 0 Å². The Balaban J connectivity index is 1.99. The van der Waals surface area contributed by atoms with Gasteiger partial charge in [-0.3, -0.25) is 4.79 Å². The predicted molar refractivity (Wildman–Crippen MR) is 70.6 cm³/mol. The molecule has 2 rings (SSSR count). The van der Waals surface area contributed by atoms with Crippen molar-refractivity contribution in [3.8, 4) is 0 Å². The second-order valence-corrected chi connectivity index (χ2v) is 5.67. The van der Waals surface area contributed by atoms with E-state index in [9.17, 15) is 4.79 Å². The lowest BCUT2D eigenvalue weighted by Crippen LogP contribution is -2.32. The molecule has 7 heteroatoms. The summed E-state index contributed by atoms with van der Waals surface area (Å²) in [6.07, 6.45) is 2.93. The minimum absolute atomic E-state index is 0.0685. The molecule has 0 radical (unpaired) electrons. The fraction of sp³-hybridized carbons (Fsp3) is 0.364. The fourth-order valence-electron chi connectivity index (χ4n) is 1.50. The Hall–Kier alpha value is -1.40. The van der Waals surface area contributed by atoms with E-state index in [2.05, 4.69) is 15.4 Å². The number of carbonyl (C=O) groups excluding carboxylic acids is 1. The van der Waals surface area contributed by atoms with Gasteiger partial charge in [-0.15, -0.1) is 11.3 Å². The van der Waals surface area contributed by atoms with Crippen LogP contribution in [0.4, 0.5) is 0 Å². The van der Waals surface area contributed by atoms with Crippen molar-refractivity contribution in [1.29, 1.82) is 0 Å². The molecule has 0 aliphatic carbocycles. The lowest BCUT2D eigenvalue weighted by Gasteiger charge is -2.16. The Bertz CT molecular complexity index is 525. The maximum atomic E-state index is 12.0. The Kier molecular flexibility index (Phi) is 3.98. The summed E-state index contributed by atoms with van der Waals surface area (Å²) in [6.45, 7) is 3.70. The van der Waals surface area contributed by atoms with Gasteiger partial charge in [0.2, 0.25) is 5.91 Å². The summed E-state index contributed by atoms with van der Waals surface area (Å²) < 4.78 is 2.24. The van der Waals surface area contributed by atoms with Crippen molar-refractivity contribution < 1.29 is 4.79 Å². The largest absolute Gasteiger partial charge is 0.347 e.